The Morgan fingerprint density at radius 1 is 1.46 bits per heavy atom. The summed E-state index contributed by atoms with van der Waals surface area (Å²) in [6.07, 6.45) is 8.02. The highest BCUT2D eigenvalue weighted by Crippen LogP contribution is 2.67. The molecule has 0 spiro atoms. The first-order valence-electron chi connectivity index (χ1n) is 5.65. The topological polar surface area (TPSA) is 0 Å². The van der Waals surface area contributed by atoms with Crippen molar-refractivity contribution in [1.82, 2.24) is 0 Å². The molecule has 2 saturated carbocycles. The highest BCUT2D eigenvalue weighted by molar-refractivity contribution is 5.13. The molecule has 0 nitrogen and oxygen atoms in total. The van der Waals surface area contributed by atoms with Crippen molar-refractivity contribution >= 4 is 0 Å². The molecule has 0 amide bonds. The zero-order chi connectivity index (χ0) is 9.69. The summed E-state index contributed by atoms with van der Waals surface area (Å²) in [5.74, 6) is 1.96. The molecule has 0 aromatic heterocycles. The van der Waals surface area contributed by atoms with E-state index in [0.717, 1.165) is 11.8 Å². The van der Waals surface area contributed by atoms with Crippen LogP contribution < -0.4 is 0 Å². The predicted molar refractivity (Wildman–Crippen MR) is 57.5 cm³/mol. The fraction of sp³-hybridized carbons (Fsp3) is 0.846. The molecule has 0 bridgehead atoms. The van der Waals surface area contributed by atoms with Crippen LogP contribution in [0.1, 0.15) is 46.5 Å². The Labute approximate surface area is 82.4 Å². The molecule has 0 N–H and O–H groups in total. The Kier molecular flexibility index (Phi) is 1.87. The standard InChI is InChI=1S/C13H22/c1-5-12(3,4)13-7-6-11(13)8-10(2)9-13/h5,10-11H,1,6-9H2,2-4H3/t10-,11?,13?/m1/s1. The van der Waals surface area contributed by atoms with Gasteiger partial charge in [-0.15, -0.1) is 6.58 Å². The van der Waals surface area contributed by atoms with Gasteiger partial charge in [-0.2, -0.15) is 0 Å². The Balaban J connectivity index is 2.26. The number of fused-ring (bicyclic) bond motifs is 1. The Morgan fingerprint density at radius 3 is 2.54 bits per heavy atom. The smallest absolute Gasteiger partial charge is 0.0118 e. The summed E-state index contributed by atoms with van der Waals surface area (Å²) in [5.41, 5.74) is 0.995. The van der Waals surface area contributed by atoms with E-state index in [9.17, 15) is 0 Å². The van der Waals surface area contributed by atoms with E-state index in [1.165, 1.54) is 25.7 Å². The zero-order valence-corrected chi connectivity index (χ0v) is 9.27. The summed E-state index contributed by atoms with van der Waals surface area (Å²) < 4.78 is 0. The molecule has 0 radical (unpaired) electrons. The van der Waals surface area contributed by atoms with Crippen LogP contribution in [0, 0.1) is 22.7 Å². The second kappa shape index (κ2) is 2.62. The van der Waals surface area contributed by atoms with Crippen LogP contribution in [0.3, 0.4) is 0 Å². The largest absolute Gasteiger partial charge is 0.103 e. The third-order valence-electron chi connectivity index (χ3n) is 4.91. The van der Waals surface area contributed by atoms with E-state index < -0.39 is 0 Å². The van der Waals surface area contributed by atoms with Crippen LogP contribution in [0.25, 0.3) is 0 Å². The van der Waals surface area contributed by atoms with Crippen LogP contribution in [0.2, 0.25) is 0 Å². The fourth-order valence-corrected chi connectivity index (χ4v) is 3.81. The molecule has 0 aliphatic heterocycles. The van der Waals surface area contributed by atoms with E-state index in [-0.39, 0.29) is 0 Å². The maximum absolute atomic E-state index is 4.02. The van der Waals surface area contributed by atoms with E-state index >= 15 is 0 Å². The molecule has 2 aliphatic carbocycles. The molecule has 2 rings (SSSR count). The molecule has 0 heterocycles. The van der Waals surface area contributed by atoms with Crippen molar-refractivity contribution in [2.75, 3.05) is 0 Å². The van der Waals surface area contributed by atoms with Gasteiger partial charge in [-0.05, 0) is 48.3 Å². The number of rotatable bonds is 2. The van der Waals surface area contributed by atoms with Gasteiger partial charge < -0.3 is 0 Å². The fourth-order valence-electron chi connectivity index (χ4n) is 3.81. The first-order chi connectivity index (χ1) is 6.02. The van der Waals surface area contributed by atoms with Crippen molar-refractivity contribution in [2.24, 2.45) is 22.7 Å². The summed E-state index contributed by atoms with van der Waals surface area (Å²) >= 11 is 0. The van der Waals surface area contributed by atoms with E-state index in [1.807, 2.05) is 0 Å². The first-order valence-corrected chi connectivity index (χ1v) is 5.65. The lowest BCUT2D eigenvalue weighted by atomic mass is 9.50. The second-order valence-electron chi connectivity index (χ2n) is 5.86. The second-order valence-corrected chi connectivity index (χ2v) is 5.86. The molecule has 0 heteroatoms. The molecule has 2 aliphatic rings. The van der Waals surface area contributed by atoms with Crippen molar-refractivity contribution < 1.29 is 0 Å². The van der Waals surface area contributed by atoms with Crippen LogP contribution in [-0.4, -0.2) is 0 Å². The van der Waals surface area contributed by atoms with E-state index in [0.29, 0.717) is 10.8 Å². The maximum Gasteiger partial charge on any atom is -0.0118 e. The molecule has 0 aromatic carbocycles. The molecule has 74 valence electrons. The lowest BCUT2D eigenvalue weighted by molar-refractivity contribution is -0.0317. The first kappa shape index (κ1) is 9.30. The van der Waals surface area contributed by atoms with Crippen LogP contribution >= 0.6 is 0 Å². The SMILES string of the molecule is C=CC(C)(C)C12CCC1C[C@@H](C)C2. The summed E-state index contributed by atoms with van der Waals surface area (Å²) in [5, 5.41) is 0. The van der Waals surface area contributed by atoms with Crippen LogP contribution in [0.5, 0.6) is 0 Å². The van der Waals surface area contributed by atoms with Gasteiger partial charge in [0.1, 0.15) is 0 Å². The Morgan fingerprint density at radius 2 is 2.15 bits per heavy atom. The zero-order valence-electron chi connectivity index (χ0n) is 9.27. The van der Waals surface area contributed by atoms with Gasteiger partial charge in [-0.1, -0.05) is 26.8 Å². The summed E-state index contributed by atoms with van der Waals surface area (Å²) in [7, 11) is 0. The van der Waals surface area contributed by atoms with Crippen molar-refractivity contribution in [3.8, 4) is 0 Å². The number of hydrogen-bond acceptors (Lipinski definition) is 0. The lowest BCUT2D eigenvalue weighted by Gasteiger charge is -2.55. The monoisotopic (exact) mass is 178 g/mol. The molecule has 0 saturated heterocycles. The quantitative estimate of drug-likeness (QED) is 0.560. The third-order valence-corrected chi connectivity index (χ3v) is 4.91. The van der Waals surface area contributed by atoms with Crippen LogP contribution in [0.4, 0.5) is 0 Å². The lowest BCUT2D eigenvalue weighted by Crippen LogP contribution is -2.46. The summed E-state index contributed by atoms with van der Waals surface area (Å²) in [6.45, 7) is 11.2. The molecule has 13 heavy (non-hydrogen) atoms. The van der Waals surface area contributed by atoms with Crippen molar-refractivity contribution in [3.05, 3.63) is 12.7 Å². The summed E-state index contributed by atoms with van der Waals surface area (Å²) in [6, 6.07) is 0. The third kappa shape index (κ3) is 1.04. The Bertz CT molecular complexity index is 226. The highest BCUT2D eigenvalue weighted by atomic mass is 14.6. The molecular formula is C13H22. The van der Waals surface area contributed by atoms with Gasteiger partial charge in [-0.25, -0.2) is 0 Å². The normalized spacial score (nSPS) is 43.9. The summed E-state index contributed by atoms with van der Waals surface area (Å²) in [4.78, 5) is 0. The van der Waals surface area contributed by atoms with Crippen molar-refractivity contribution in [2.45, 2.75) is 46.5 Å². The van der Waals surface area contributed by atoms with Gasteiger partial charge in [0.15, 0.2) is 0 Å². The molecule has 2 unspecified atom stereocenters. The highest BCUT2D eigenvalue weighted by Gasteiger charge is 2.58. The molecular weight excluding hydrogens is 156 g/mol. The van der Waals surface area contributed by atoms with Gasteiger partial charge in [0.25, 0.3) is 0 Å². The van der Waals surface area contributed by atoms with Crippen molar-refractivity contribution in [3.63, 3.8) is 0 Å². The van der Waals surface area contributed by atoms with E-state index in [4.69, 9.17) is 0 Å². The molecule has 2 fully saturated rings. The minimum Gasteiger partial charge on any atom is -0.103 e. The average Bonchev–Trinajstić information content (AvgIpc) is 2.28. The number of hydrogen-bond donors (Lipinski definition) is 0. The molecule has 3 atom stereocenters. The van der Waals surface area contributed by atoms with E-state index in [2.05, 4.69) is 33.4 Å². The minimum absolute atomic E-state index is 0.362. The van der Waals surface area contributed by atoms with Crippen LogP contribution in [0.15, 0.2) is 12.7 Å². The predicted octanol–water partition coefficient (Wildman–Crippen LogP) is 4.02. The molecule has 0 aromatic rings. The number of allylic oxidation sites excluding steroid dienone is 1. The van der Waals surface area contributed by atoms with E-state index in [1.54, 1.807) is 0 Å². The Hall–Kier alpha value is -0.260. The van der Waals surface area contributed by atoms with Gasteiger partial charge in [0, 0.05) is 0 Å². The van der Waals surface area contributed by atoms with Gasteiger partial charge >= 0.3 is 0 Å². The van der Waals surface area contributed by atoms with Gasteiger partial charge in [0.2, 0.25) is 0 Å². The maximum atomic E-state index is 4.02. The average molecular weight is 178 g/mol. The van der Waals surface area contributed by atoms with Gasteiger partial charge in [-0.3, -0.25) is 0 Å². The van der Waals surface area contributed by atoms with Crippen LogP contribution in [-0.2, 0) is 0 Å². The minimum atomic E-state index is 0.362. The van der Waals surface area contributed by atoms with Crippen molar-refractivity contribution in [1.29, 1.82) is 0 Å². The van der Waals surface area contributed by atoms with Gasteiger partial charge in [0.05, 0.1) is 0 Å².